The Morgan fingerprint density at radius 1 is 1.28 bits per heavy atom. The van der Waals surface area contributed by atoms with Crippen LogP contribution in [0.3, 0.4) is 0 Å². The molecule has 1 saturated heterocycles. The van der Waals surface area contributed by atoms with E-state index < -0.39 is 30.5 Å². The first kappa shape index (κ1) is 23.1. The van der Waals surface area contributed by atoms with Gasteiger partial charge in [-0.2, -0.15) is 18.3 Å². The molecular weight excluding hydrogens is 414 g/mol. The van der Waals surface area contributed by atoms with Crippen molar-refractivity contribution in [3.8, 4) is 5.69 Å². The topological polar surface area (TPSA) is 62.2 Å². The predicted molar refractivity (Wildman–Crippen MR) is 102 cm³/mol. The van der Waals surface area contributed by atoms with Crippen LogP contribution in [-0.2, 0) is 0 Å². The molecular formula is C18H22ClF4N5O. The first-order valence-electron chi connectivity index (χ1n) is 8.88. The summed E-state index contributed by atoms with van der Waals surface area (Å²) in [6.45, 7) is 2.44. The van der Waals surface area contributed by atoms with E-state index in [9.17, 15) is 22.4 Å². The highest BCUT2D eigenvalue weighted by Gasteiger charge is 2.43. The van der Waals surface area contributed by atoms with E-state index in [2.05, 4.69) is 15.7 Å². The van der Waals surface area contributed by atoms with Gasteiger partial charge in [0.15, 0.2) is 0 Å². The van der Waals surface area contributed by atoms with Crippen LogP contribution in [-0.4, -0.2) is 65.5 Å². The second kappa shape index (κ2) is 9.55. The number of halogens is 5. The van der Waals surface area contributed by atoms with Crippen molar-refractivity contribution in [2.45, 2.75) is 19.1 Å². The molecule has 29 heavy (non-hydrogen) atoms. The molecule has 0 radical (unpaired) electrons. The molecule has 11 heteroatoms. The number of benzene rings is 1. The smallest absolute Gasteiger partial charge is 0.350 e. The minimum atomic E-state index is -4.46. The normalized spacial score (nSPS) is 16.2. The van der Waals surface area contributed by atoms with Crippen molar-refractivity contribution < 1.29 is 22.4 Å². The molecule has 2 aromatic rings. The lowest BCUT2D eigenvalue weighted by Crippen LogP contribution is -2.57. The molecule has 1 amide bonds. The Hall–Kier alpha value is -2.17. The molecule has 1 fully saturated rings. The Balaban J connectivity index is 0.00000300. The lowest BCUT2D eigenvalue weighted by molar-refractivity contribution is -0.183. The summed E-state index contributed by atoms with van der Waals surface area (Å²) in [7, 11) is 0. The molecule has 1 aromatic carbocycles. The van der Waals surface area contributed by atoms with E-state index in [0.717, 1.165) is 0 Å². The number of rotatable bonds is 5. The first-order chi connectivity index (χ1) is 13.3. The Morgan fingerprint density at radius 3 is 2.55 bits per heavy atom. The summed E-state index contributed by atoms with van der Waals surface area (Å²) in [5.74, 6) is -1.19. The van der Waals surface area contributed by atoms with Gasteiger partial charge in [-0.15, -0.1) is 12.4 Å². The van der Waals surface area contributed by atoms with Gasteiger partial charge in [0.1, 0.15) is 17.5 Å². The summed E-state index contributed by atoms with van der Waals surface area (Å²) in [5, 5.41) is 9.37. The SMILES string of the molecule is Cc1c(C(=O)NCC(N2CCNCC2)C(F)(F)F)cnn1-c1ccccc1F.Cl. The van der Waals surface area contributed by atoms with Gasteiger partial charge in [0.05, 0.1) is 17.5 Å². The molecule has 0 saturated carbocycles. The standard InChI is InChI=1S/C18H21F4N5O.ClH/c1-12-13(10-25-27(12)15-5-3-2-4-14(15)19)17(28)24-11-16(18(20,21)22)26-8-6-23-7-9-26;/h2-5,10,16,23H,6-9,11H2,1H3,(H,24,28);1H. The third kappa shape index (κ3) is 5.26. The monoisotopic (exact) mass is 435 g/mol. The van der Waals surface area contributed by atoms with Crippen LogP contribution >= 0.6 is 12.4 Å². The van der Waals surface area contributed by atoms with Gasteiger partial charge >= 0.3 is 6.18 Å². The Morgan fingerprint density at radius 2 is 1.93 bits per heavy atom. The average molecular weight is 436 g/mol. The van der Waals surface area contributed by atoms with Crippen LogP contribution in [0, 0.1) is 12.7 Å². The van der Waals surface area contributed by atoms with Crippen LogP contribution in [0.1, 0.15) is 16.1 Å². The van der Waals surface area contributed by atoms with E-state index in [-0.39, 0.29) is 36.7 Å². The third-order valence-corrected chi connectivity index (χ3v) is 4.76. The Kier molecular flexibility index (Phi) is 7.61. The molecule has 2 heterocycles. The Bertz CT molecular complexity index is 836. The number of carbonyl (C=O) groups excluding carboxylic acids is 1. The second-order valence-corrected chi connectivity index (χ2v) is 6.56. The fourth-order valence-corrected chi connectivity index (χ4v) is 3.23. The van der Waals surface area contributed by atoms with Crippen LogP contribution in [0.5, 0.6) is 0 Å². The highest BCUT2D eigenvalue weighted by molar-refractivity contribution is 5.95. The number of amides is 1. The number of piperazine rings is 1. The number of hydrogen-bond donors (Lipinski definition) is 2. The maximum atomic E-state index is 14.0. The Labute approximate surface area is 171 Å². The summed E-state index contributed by atoms with van der Waals surface area (Å²) >= 11 is 0. The van der Waals surface area contributed by atoms with E-state index in [1.807, 2.05) is 0 Å². The molecule has 3 rings (SSSR count). The van der Waals surface area contributed by atoms with E-state index >= 15 is 0 Å². The van der Waals surface area contributed by atoms with Crippen molar-refractivity contribution in [2.75, 3.05) is 32.7 Å². The number of nitrogens with one attached hydrogen (secondary N) is 2. The number of hydrogen-bond acceptors (Lipinski definition) is 4. The van der Waals surface area contributed by atoms with Gasteiger partial charge < -0.3 is 10.6 Å². The molecule has 1 aliphatic rings. The molecule has 2 N–H and O–H groups in total. The molecule has 1 aromatic heterocycles. The van der Waals surface area contributed by atoms with Gasteiger partial charge in [-0.25, -0.2) is 9.07 Å². The van der Waals surface area contributed by atoms with E-state index in [4.69, 9.17) is 0 Å². The maximum Gasteiger partial charge on any atom is 0.405 e. The number of para-hydroxylation sites is 1. The minimum absolute atomic E-state index is 0. The molecule has 1 unspecified atom stereocenters. The zero-order chi connectivity index (χ0) is 20.3. The van der Waals surface area contributed by atoms with Crippen molar-refractivity contribution >= 4 is 18.3 Å². The predicted octanol–water partition coefficient (Wildman–Crippen LogP) is 2.31. The van der Waals surface area contributed by atoms with E-state index in [1.54, 1.807) is 13.0 Å². The van der Waals surface area contributed by atoms with Crippen molar-refractivity contribution in [3.63, 3.8) is 0 Å². The van der Waals surface area contributed by atoms with Crippen LogP contribution < -0.4 is 10.6 Å². The van der Waals surface area contributed by atoms with E-state index in [0.29, 0.717) is 18.8 Å². The van der Waals surface area contributed by atoms with Gasteiger partial charge in [-0.05, 0) is 19.1 Å². The zero-order valence-corrected chi connectivity index (χ0v) is 16.5. The first-order valence-corrected chi connectivity index (χ1v) is 8.88. The number of alkyl halides is 3. The summed E-state index contributed by atoms with van der Waals surface area (Å²) in [6.07, 6.45) is -3.23. The molecule has 6 nitrogen and oxygen atoms in total. The average Bonchev–Trinajstić information content (AvgIpc) is 3.03. The molecule has 1 aliphatic heterocycles. The fraction of sp³-hybridized carbons (Fsp3) is 0.444. The van der Waals surface area contributed by atoms with Crippen molar-refractivity contribution in [3.05, 3.63) is 47.5 Å². The van der Waals surface area contributed by atoms with Gasteiger partial charge in [-0.3, -0.25) is 9.69 Å². The van der Waals surface area contributed by atoms with Gasteiger partial charge in [0, 0.05) is 32.7 Å². The highest BCUT2D eigenvalue weighted by atomic mass is 35.5. The molecule has 0 spiro atoms. The van der Waals surface area contributed by atoms with Crippen LogP contribution in [0.4, 0.5) is 17.6 Å². The van der Waals surface area contributed by atoms with E-state index in [1.165, 1.54) is 34.0 Å². The van der Waals surface area contributed by atoms with Crippen LogP contribution in [0.2, 0.25) is 0 Å². The summed E-state index contributed by atoms with van der Waals surface area (Å²) in [5.41, 5.74) is 0.603. The largest absolute Gasteiger partial charge is 0.405 e. The van der Waals surface area contributed by atoms with Gasteiger partial charge in [-0.1, -0.05) is 12.1 Å². The minimum Gasteiger partial charge on any atom is -0.350 e. The molecule has 0 aliphatic carbocycles. The van der Waals surface area contributed by atoms with Gasteiger partial charge in [0.25, 0.3) is 5.91 Å². The van der Waals surface area contributed by atoms with Crippen molar-refractivity contribution in [1.82, 2.24) is 25.3 Å². The highest BCUT2D eigenvalue weighted by Crippen LogP contribution is 2.25. The van der Waals surface area contributed by atoms with Crippen LogP contribution in [0.25, 0.3) is 5.69 Å². The zero-order valence-electron chi connectivity index (χ0n) is 15.7. The van der Waals surface area contributed by atoms with Crippen molar-refractivity contribution in [2.24, 2.45) is 0 Å². The third-order valence-electron chi connectivity index (χ3n) is 4.76. The van der Waals surface area contributed by atoms with Crippen LogP contribution in [0.15, 0.2) is 30.5 Å². The maximum absolute atomic E-state index is 14.0. The number of nitrogens with zero attached hydrogens (tertiary/aromatic N) is 3. The number of carbonyl (C=O) groups is 1. The lowest BCUT2D eigenvalue weighted by Gasteiger charge is -2.35. The van der Waals surface area contributed by atoms with Gasteiger partial charge in [0.2, 0.25) is 0 Å². The molecule has 0 bridgehead atoms. The summed E-state index contributed by atoms with van der Waals surface area (Å²) in [6, 6.07) is 4.15. The summed E-state index contributed by atoms with van der Waals surface area (Å²) < 4.78 is 55.5. The molecule has 1 atom stereocenters. The lowest BCUT2D eigenvalue weighted by atomic mass is 10.2. The quantitative estimate of drug-likeness (QED) is 0.708. The summed E-state index contributed by atoms with van der Waals surface area (Å²) in [4.78, 5) is 13.8. The molecule has 160 valence electrons. The van der Waals surface area contributed by atoms with Crippen molar-refractivity contribution in [1.29, 1.82) is 0 Å². The fourth-order valence-electron chi connectivity index (χ4n) is 3.23. The number of aromatic nitrogens is 2. The second-order valence-electron chi connectivity index (χ2n) is 6.56.